The summed E-state index contributed by atoms with van der Waals surface area (Å²) in [6.07, 6.45) is 3.98. The van der Waals surface area contributed by atoms with Gasteiger partial charge >= 0.3 is 0 Å². The molecule has 0 aromatic heterocycles. The van der Waals surface area contributed by atoms with Crippen molar-refractivity contribution in [3.63, 3.8) is 0 Å². The first-order valence-electron chi connectivity index (χ1n) is 9.71. The summed E-state index contributed by atoms with van der Waals surface area (Å²) in [6, 6.07) is 15.0. The molecule has 0 radical (unpaired) electrons. The van der Waals surface area contributed by atoms with Crippen LogP contribution < -0.4 is 15.1 Å². The van der Waals surface area contributed by atoms with Crippen LogP contribution in [0.15, 0.2) is 48.5 Å². The number of benzene rings is 2. The molecule has 5 nitrogen and oxygen atoms in total. The summed E-state index contributed by atoms with van der Waals surface area (Å²) >= 11 is 6.01. The number of amides is 2. The Balaban J connectivity index is 1.55. The number of nitrogens with zero attached hydrogens (tertiary/aromatic N) is 2. The van der Waals surface area contributed by atoms with E-state index in [-0.39, 0.29) is 18.2 Å². The fraction of sp³-hybridized carbons (Fsp3) is 0.364. The van der Waals surface area contributed by atoms with Crippen LogP contribution in [0.3, 0.4) is 0 Å². The van der Waals surface area contributed by atoms with E-state index >= 15 is 0 Å². The maximum absolute atomic E-state index is 12.3. The molecule has 28 heavy (non-hydrogen) atoms. The largest absolute Gasteiger partial charge is 0.372 e. The molecule has 0 spiro atoms. The Morgan fingerprint density at radius 3 is 2.43 bits per heavy atom. The van der Waals surface area contributed by atoms with Gasteiger partial charge in [-0.2, -0.15) is 0 Å². The summed E-state index contributed by atoms with van der Waals surface area (Å²) < 4.78 is 0. The van der Waals surface area contributed by atoms with Gasteiger partial charge in [-0.3, -0.25) is 9.59 Å². The molecule has 1 fully saturated rings. The summed E-state index contributed by atoms with van der Waals surface area (Å²) in [5, 5.41) is 3.47. The average molecular weight is 400 g/mol. The van der Waals surface area contributed by atoms with Crippen LogP contribution in [0.2, 0.25) is 5.02 Å². The Morgan fingerprint density at radius 1 is 1.07 bits per heavy atom. The summed E-state index contributed by atoms with van der Waals surface area (Å²) in [5.41, 5.74) is 2.66. The van der Waals surface area contributed by atoms with Crippen LogP contribution in [0.5, 0.6) is 0 Å². The van der Waals surface area contributed by atoms with Gasteiger partial charge in [0.15, 0.2) is 0 Å². The van der Waals surface area contributed by atoms with Crippen molar-refractivity contribution in [1.82, 2.24) is 0 Å². The van der Waals surface area contributed by atoms with E-state index in [9.17, 15) is 9.59 Å². The highest BCUT2D eigenvalue weighted by Crippen LogP contribution is 2.22. The lowest BCUT2D eigenvalue weighted by molar-refractivity contribution is -0.117. The number of nitrogens with one attached hydrogen (secondary N) is 1. The molecule has 0 aliphatic carbocycles. The normalized spacial score (nSPS) is 13.9. The minimum absolute atomic E-state index is 0.124. The zero-order valence-corrected chi connectivity index (χ0v) is 16.9. The van der Waals surface area contributed by atoms with E-state index in [1.165, 1.54) is 31.9 Å². The molecule has 0 atom stereocenters. The number of halogens is 1. The third kappa shape index (κ3) is 5.49. The summed E-state index contributed by atoms with van der Waals surface area (Å²) in [7, 11) is 0. The molecule has 1 aliphatic rings. The van der Waals surface area contributed by atoms with E-state index in [2.05, 4.69) is 22.3 Å². The second-order valence-electron chi connectivity index (χ2n) is 7.04. The fourth-order valence-corrected chi connectivity index (χ4v) is 3.64. The zero-order valence-electron chi connectivity index (χ0n) is 16.2. The van der Waals surface area contributed by atoms with Crippen molar-refractivity contribution < 1.29 is 9.59 Å². The second-order valence-corrected chi connectivity index (χ2v) is 7.48. The number of hydrogen-bond acceptors (Lipinski definition) is 3. The number of piperidine rings is 1. The van der Waals surface area contributed by atoms with Crippen molar-refractivity contribution in [2.75, 3.05) is 34.8 Å². The molecule has 148 valence electrons. The van der Waals surface area contributed by atoms with Gasteiger partial charge in [-0.25, -0.2) is 0 Å². The van der Waals surface area contributed by atoms with Crippen molar-refractivity contribution >= 4 is 40.5 Å². The first kappa shape index (κ1) is 20.2. The second kappa shape index (κ2) is 9.60. The molecule has 2 aromatic carbocycles. The molecule has 1 saturated heterocycles. The molecule has 6 heteroatoms. The van der Waals surface area contributed by atoms with Crippen molar-refractivity contribution in [3.8, 4) is 0 Å². The molecule has 0 saturated carbocycles. The average Bonchev–Trinajstić information content (AvgIpc) is 2.69. The highest BCUT2D eigenvalue weighted by atomic mass is 35.5. The van der Waals surface area contributed by atoms with E-state index < -0.39 is 0 Å². The van der Waals surface area contributed by atoms with Gasteiger partial charge in [0.1, 0.15) is 0 Å². The number of anilines is 3. The minimum atomic E-state index is -0.126. The van der Waals surface area contributed by atoms with Gasteiger partial charge in [0, 0.05) is 55.1 Å². The van der Waals surface area contributed by atoms with Crippen LogP contribution in [0.4, 0.5) is 17.1 Å². The number of carbonyl (C=O) groups excluding carboxylic acids is 2. The van der Waals surface area contributed by atoms with E-state index in [0.29, 0.717) is 17.3 Å². The Morgan fingerprint density at radius 2 is 1.79 bits per heavy atom. The number of carbonyl (C=O) groups is 2. The SMILES string of the molecule is CC(=O)N(CCC(=O)Nc1ccc(N2CCCCC2)cc1)c1cccc(Cl)c1. The van der Waals surface area contributed by atoms with Crippen LogP contribution >= 0.6 is 11.6 Å². The molecular weight excluding hydrogens is 374 g/mol. The van der Waals surface area contributed by atoms with E-state index in [1.54, 1.807) is 23.1 Å². The van der Waals surface area contributed by atoms with E-state index in [0.717, 1.165) is 18.8 Å². The Labute approximate surface area is 171 Å². The fourth-order valence-electron chi connectivity index (χ4n) is 3.46. The topological polar surface area (TPSA) is 52.7 Å². The van der Waals surface area contributed by atoms with E-state index in [4.69, 9.17) is 11.6 Å². The number of hydrogen-bond donors (Lipinski definition) is 1. The van der Waals surface area contributed by atoms with Crippen molar-refractivity contribution in [2.24, 2.45) is 0 Å². The smallest absolute Gasteiger partial charge is 0.226 e. The van der Waals surface area contributed by atoms with Crippen molar-refractivity contribution in [2.45, 2.75) is 32.6 Å². The Hall–Kier alpha value is -2.53. The van der Waals surface area contributed by atoms with E-state index in [1.807, 2.05) is 18.2 Å². The molecule has 2 aromatic rings. The monoisotopic (exact) mass is 399 g/mol. The van der Waals surface area contributed by atoms with Gasteiger partial charge in [0.2, 0.25) is 11.8 Å². The van der Waals surface area contributed by atoms with Crippen LogP contribution in [-0.2, 0) is 9.59 Å². The third-order valence-electron chi connectivity index (χ3n) is 4.93. The highest BCUT2D eigenvalue weighted by molar-refractivity contribution is 6.30. The van der Waals surface area contributed by atoms with Crippen molar-refractivity contribution in [1.29, 1.82) is 0 Å². The molecular formula is C22H26ClN3O2. The molecule has 0 bridgehead atoms. The first-order chi connectivity index (χ1) is 13.5. The van der Waals surface area contributed by atoms with Gasteiger partial charge in [-0.05, 0) is 61.7 Å². The lowest BCUT2D eigenvalue weighted by Crippen LogP contribution is -2.32. The van der Waals surface area contributed by atoms with Gasteiger partial charge in [0.05, 0.1) is 0 Å². The van der Waals surface area contributed by atoms with Gasteiger partial charge in [-0.15, -0.1) is 0 Å². The third-order valence-corrected chi connectivity index (χ3v) is 5.17. The maximum Gasteiger partial charge on any atom is 0.226 e. The van der Waals surface area contributed by atoms with Crippen LogP contribution in [0.1, 0.15) is 32.6 Å². The molecule has 1 heterocycles. The van der Waals surface area contributed by atoms with Crippen LogP contribution in [0.25, 0.3) is 0 Å². The molecule has 1 N–H and O–H groups in total. The maximum atomic E-state index is 12.3. The van der Waals surface area contributed by atoms with Crippen LogP contribution in [-0.4, -0.2) is 31.4 Å². The van der Waals surface area contributed by atoms with Crippen LogP contribution in [0, 0.1) is 0 Å². The summed E-state index contributed by atoms with van der Waals surface area (Å²) in [6.45, 7) is 3.97. The standard InChI is InChI=1S/C22H26ClN3O2/c1-17(27)26(21-7-5-6-18(23)16-21)15-12-22(28)24-19-8-10-20(11-9-19)25-13-3-2-4-14-25/h5-11,16H,2-4,12-15H2,1H3,(H,24,28). The Bertz CT molecular complexity index is 817. The van der Waals surface area contributed by atoms with Gasteiger partial charge < -0.3 is 15.1 Å². The first-order valence-corrected chi connectivity index (χ1v) is 10.1. The summed E-state index contributed by atoms with van der Waals surface area (Å²) in [4.78, 5) is 28.2. The summed E-state index contributed by atoms with van der Waals surface area (Å²) in [5.74, 6) is -0.250. The Kier molecular flexibility index (Phi) is 6.93. The predicted molar refractivity (Wildman–Crippen MR) is 115 cm³/mol. The lowest BCUT2D eigenvalue weighted by atomic mass is 10.1. The van der Waals surface area contributed by atoms with Gasteiger partial charge in [-0.1, -0.05) is 17.7 Å². The molecule has 3 rings (SSSR count). The van der Waals surface area contributed by atoms with Gasteiger partial charge in [0.25, 0.3) is 0 Å². The quantitative estimate of drug-likeness (QED) is 0.765. The predicted octanol–water partition coefficient (Wildman–Crippen LogP) is 4.71. The number of rotatable bonds is 6. The molecule has 2 amide bonds. The van der Waals surface area contributed by atoms with Crippen molar-refractivity contribution in [3.05, 3.63) is 53.6 Å². The minimum Gasteiger partial charge on any atom is -0.372 e. The molecule has 1 aliphatic heterocycles. The molecule has 0 unspecified atom stereocenters. The highest BCUT2D eigenvalue weighted by Gasteiger charge is 2.14. The lowest BCUT2D eigenvalue weighted by Gasteiger charge is -2.28. The zero-order chi connectivity index (χ0) is 19.9.